The molecule has 0 unspecified atom stereocenters. The number of hydrogen-bond donors (Lipinski definition) is 1. The minimum absolute atomic E-state index is 0.113. The molecule has 0 saturated heterocycles. The van der Waals surface area contributed by atoms with Crippen LogP contribution in [-0.4, -0.2) is 36.1 Å². The lowest BCUT2D eigenvalue weighted by Crippen LogP contribution is -2.27. The van der Waals surface area contributed by atoms with Gasteiger partial charge in [0.1, 0.15) is 0 Å². The average molecular weight is 366 g/mol. The van der Waals surface area contributed by atoms with E-state index < -0.39 is 5.91 Å². The molecule has 1 aromatic heterocycles. The van der Waals surface area contributed by atoms with Gasteiger partial charge in [0.15, 0.2) is 17.2 Å². The Morgan fingerprint density at radius 3 is 2.56 bits per heavy atom. The molecule has 2 aromatic carbocycles. The first-order chi connectivity index (χ1) is 13.1. The molecule has 0 fully saturated rings. The van der Waals surface area contributed by atoms with E-state index in [0.717, 1.165) is 4.68 Å². The average Bonchev–Trinajstić information content (AvgIpc) is 2.70. The predicted molar refractivity (Wildman–Crippen MR) is 102 cm³/mol. The number of rotatable bonds is 5. The summed E-state index contributed by atoms with van der Waals surface area (Å²) in [6.07, 6.45) is 1.45. The molecule has 0 saturated carbocycles. The highest BCUT2D eigenvalue weighted by Gasteiger charge is 2.15. The van der Waals surface area contributed by atoms with Crippen molar-refractivity contribution in [3.05, 3.63) is 64.1 Å². The molecule has 0 bridgehead atoms. The lowest BCUT2D eigenvalue weighted by atomic mass is 10.1. The van der Waals surface area contributed by atoms with Crippen molar-refractivity contribution in [3.63, 3.8) is 0 Å². The van der Waals surface area contributed by atoms with Gasteiger partial charge in [-0.25, -0.2) is 10.1 Å². The smallest absolute Gasteiger partial charge is 0.292 e. The Bertz CT molecular complexity index is 1090. The summed E-state index contributed by atoms with van der Waals surface area (Å²) in [7, 11) is 4.56. The number of nitrogens with zero attached hydrogens (tertiary/aromatic N) is 3. The molecule has 8 nitrogen and oxygen atoms in total. The highest BCUT2D eigenvalue weighted by atomic mass is 16.5. The Labute approximate surface area is 155 Å². The number of aromatic nitrogens is 2. The molecule has 3 aromatic rings. The number of hydrogen-bond acceptors (Lipinski definition) is 6. The van der Waals surface area contributed by atoms with Crippen LogP contribution in [0.3, 0.4) is 0 Å². The number of amides is 1. The second-order valence-electron chi connectivity index (χ2n) is 5.60. The van der Waals surface area contributed by atoms with E-state index in [2.05, 4.69) is 15.6 Å². The summed E-state index contributed by atoms with van der Waals surface area (Å²) in [4.78, 5) is 24.7. The normalized spacial score (nSPS) is 10.9. The van der Waals surface area contributed by atoms with E-state index in [1.807, 2.05) is 0 Å². The minimum Gasteiger partial charge on any atom is -0.493 e. The fraction of sp³-hybridized carbons (Fsp3) is 0.158. The molecule has 27 heavy (non-hydrogen) atoms. The van der Waals surface area contributed by atoms with Crippen LogP contribution in [0.1, 0.15) is 16.1 Å². The Morgan fingerprint density at radius 1 is 1.11 bits per heavy atom. The molecule has 0 spiro atoms. The van der Waals surface area contributed by atoms with E-state index in [1.54, 1.807) is 42.5 Å². The number of para-hydroxylation sites is 1. The van der Waals surface area contributed by atoms with Gasteiger partial charge in [-0.2, -0.15) is 10.2 Å². The van der Waals surface area contributed by atoms with Gasteiger partial charge in [0.25, 0.3) is 11.5 Å². The molecular weight excluding hydrogens is 348 g/mol. The summed E-state index contributed by atoms with van der Waals surface area (Å²) in [6.45, 7) is 0. The third-order valence-corrected chi connectivity index (χ3v) is 3.97. The number of carbonyl (C=O) groups excluding carboxylic acids is 1. The van der Waals surface area contributed by atoms with E-state index in [-0.39, 0.29) is 11.3 Å². The van der Waals surface area contributed by atoms with Crippen molar-refractivity contribution >= 4 is 22.9 Å². The van der Waals surface area contributed by atoms with E-state index >= 15 is 0 Å². The van der Waals surface area contributed by atoms with Crippen molar-refractivity contribution in [1.82, 2.24) is 15.2 Å². The van der Waals surface area contributed by atoms with Crippen molar-refractivity contribution in [2.24, 2.45) is 12.1 Å². The summed E-state index contributed by atoms with van der Waals surface area (Å²) in [5.41, 5.74) is 2.91. The summed E-state index contributed by atoms with van der Waals surface area (Å²) >= 11 is 0. The van der Waals surface area contributed by atoms with Crippen molar-refractivity contribution in [3.8, 4) is 11.5 Å². The Balaban J connectivity index is 1.90. The van der Waals surface area contributed by atoms with Gasteiger partial charge in [0.2, 0.25) is 0 Å². The van der Waals surface area contributed by atoms with Crippen molar-refractivity contribution in [1.29, 1.82) is 0 Å². The van der Waals surface area contributed by atoms with E-state index in [4.69, 9.17) is 9.47 Å². The van der Waals surface area contributed by atoms with Crippen LogP contribution in [0.2, 0.25) is 0 Å². The number of nitrogens with one attached hydrogen (secondary N) is 1. The van der Waals surface area contributed by atoms with Gasteiger partial charge in [-0.3, -0.25) is 9.59 Å². The van der Waals surface area contributed by atoms with Gasteiger partial charge >= 0.3 is 0 Å². The molecule has 0 radical (unpaired) electrons. The molecular formula is C19H18N4O4. The highest BCUT2D eigenvalue weighted by Crippen LogP contribution is 2.29. The van der Waals surface area contributed by atoms with Crippen LogP contribution in [0.15, 0.2) is 52.4 Å². The molecule has 8 heteroatoms. The van der Waals surface area contributed by atoms with Crippen LogP contribution in [0.4, 0.5) is 0 Å². The molecule has 138 valence electrons. The molecule has 3 rings (SSSR count). The Morgan fingerprint density at radius 2 is 1.85 bits per heavy atom. The van der Waals surface area contributed by atoms with Gasteiger partial charge in [0, 0.05) is 18.0 Å². The van der Waals surface area contributed by atoms with Crippen LogP contribution in [0, 0.1) is 0 Å². The van der Waals surface area contributed by atoms with E-state index in [1.165, 1.54) is 27.5 Å². The maximum Gasteiger partial charge on any atom is 0.292 e. The number of fused-ring (bicyclic) bond motifs is 1. The summed E-state index contributed by atoms with van der Waals surface area (Å²) in [5.74, 6) is 0.530. The third-order valence-electron chi connectivity index (χ3n) is 3.97. The SMILES string of the molecule is COc1cccc(/C=N\NC(=O)c2nn(C)c(=O)c3ccccc23)c1OC. The van der Waals surface area contributed by atoms with Gasteiger partial charge in [-0.1, -0.05) is 24.3 Å². The van der Waals surface area contributed by atoms with Crippen LogP contribution in [0.25, 0.3) is 10.8 Å². The van der Waals surface area contributed by atoms with Crippen LogP contribution in [0.5, 0.6) is 11.5 Å². The zero-order valence-electron chi connectivity index (χ0n) is 15.1. The topological polar surface area (TPSA) is 94.8 Å². The second-order valence-corrected chi connectivity index (χ2v) is 5.60. The van der Waals surface area contributed by atoms with E-state index in [9.17, 15) is 9.59 Å². The predicted octanol–water partition coefficient (Wildman–Crippen LogP) is 1.71. The fourth-order valence-electron chi connectivity index (χ4n) is 2.69. The van der Waals surface area contributed by atoms with Crippen LogP contribution >= 0.6 is 0 Å². The summed E-state index contributed by atoms with van der Waals surface area (Å²) in [6, 6.07) is 12.1. The lowest BCUT2D eigenvalue weighted by molar-refractivity contribution is 0.0950. The van der Waals surface area contributed by atoms with Crippen molar-refractivity contribution in [2.75, 3.05) is 14.2 Å². The Hall–Kier alpha value is -3.68. The summed E-state index contributed by atoms with van der Waals surface area (Å²) < 4.78 is 11.7. The lowest BCUT2D eigenvalue weighted by Gasteiger charge is -2.09. The molecule has 1 amide bonds. The molecule has 0 atom stereocenters. The minimum atomic E-state index is -0.528. The second kappa shape index (κ2) is 7.69. The number of ether oxygens (including phenoxy) is 2. The Kier molecular flexibility index (Phi) is 5.16. The van der Waals surface area contributed by atoms with Crippen LogP contribution in [-0.2, 0) is 7.05 Å². The molecule has 1 N–H and O–H groups in total. The quantitative estimate of drug-likeness (QED) is 0.548. The first-order valence-electron chi connectivity index (χ1n) is 8.07. The van der Waals surface area contributed by atoms with Crippen LogP contribution < -0.4 is 20.5 Å². The molecule has 0 aliphatic rings. The number of carbonyl (C=O) groups is 1. The largest absolute Gasteiger partial charge is 0.493 e. The van der Waals surface area contributed by atoms with E-state index in [0.29, 0.717) is 27.8 Å². The fourth-order valence-corrected chi connectivity index (χ4v) is 2.69. The van der Waals surface area contributed by atoms with Gasteiger partial charge < -0.3 is 9.47 Å². The van der Waals surface area contributed by atoms with Gasteiger partial charge in [0.05, 0.1) is 25.8 Å². The summed E-state index contributed by atoms with van der Waals surface area (Å²) in [5, 5.41) is 8.91. The highest BCUT2D eigenvalue weighted by molar-refractivity contribution is 6.05. The van der Waals surface area contributed by atoms with Crippen molar-refractivity contribution in [2.45, 2.75) is 0 Å². The number of benzene rings is 2. The molecule has 0 aliphatic carbocycles. The number of aryl methyl sites for hydroxylation is 1. The molecule has 1 heterocycles. The maximum atomic E-state index is 12.5. The van der Waals surface area contributed by atoms with Gasteiger partial charge in [-0.15, -0.1) is 0 Å². The zero-order valence-corrected chi connectivity index (χ0v) is 15.1. The maximum absolute atomic E-state index is 12.5. The number of methoxy groups -OCH3 is 2. The monoisotopic (exact) mass is 366 g/mol. The third kappa shape index (κ3) is 3.50. The van der Waals surface area contributed by atoms with Crippen molar-refractivity contribution < 1.29 is 14.3 Å². The standard InChI is InChI=1S/C19H18N4O4/c1-23-19(25)14-9-5-4-8-13(14)16(22-23)18(24)21-20-11-12-7-6-10-15(26-2)17(12)27-3/h4-11H,1-3H3,(H,21,24)/b20-11-. The first-order valence-corrected chi connectivity index (χ1v) is 8.07. The van der Waals surface area contributed by atoms with Gasteiger partial charge in [-0.05, 0) is 18.2 Å². The zero-order chi connectivity index (χ0) is 19.4. The first kappa shape index (κ1) is 18.1. The number of hydrazone groups is 1. The molecule has 0 aliphatic heterocycles.